The summed E-state index contributed by atoms with van der Waals surface area (Å²) < 4.78 is 38.2. The number of rotatable bonds is 4. The van der Waals surface area contributed by atoms with Crippen LogP contribution in [0, 0.1) is 0 Å². The molecule has 2 heterocycles. The van der Waals surface area contributed by atoms with Crippen molar-refractivity contribution < 1.29 is 18.0 Å². The van der Waals surface area contributed by atoms with E-state index in [-0.39, 0.29) is 5.56 Å². The predicted octanol–water partition coefficient (Wildman–Crippen LogP) is 5.27. The largest absolute Gasteiger partial charge is 0.451 e. The van der Waals surface area contributed by atoms with Gasteiger partial charge in [0.25, 0.3) is 0 Å². The number of carbonyl (C=O) groups is 1. The fourth-order valence-electron chi connectivity index (χ4n) is 2.99. The van der Waals surface area contributed by atoms with E-state index in [0.717, 1.165) is 23.8 Å². The standard InChI is InChI=1S/C21H13F3N4O/c22-21(23,24)20-26-9-13(10-27-20)19-14(12-29)11-25-18-8-16(6-7-17(18)19)28-15-4-2-1-3-5-15/h1-12,28H. The molecule has 0 bridgehead atoms. The van der Waals surface area contributed by atoms with Crippen LogP contribution in [0.15, 0.2) is 67.1 Å². The quantitative estimate of drug-likeness (QED) is 0.478. The van der Waals surface area contributed by atoms with E-state index in [0.29, 0.717) is 28.3 Å². The first kappa shape index (κ1) is 18.5. The van der Waals surface area contributed by atoms with Crippen LogP contribution in [0.1, 0.15) is 16.2 Å². The van der Waals surface area contributed by atoms with E-state index in [1.54, 1.807) is 18.2 Å². The topological polar surface area (TPSA) is 67.8 Å². The number of aldehydes is 1. The molecule has 2 aromatic heterocycles. The molecular weight excluding hydrogens is 381 g/mol. The van der Waals surface area contributed by atoms with Crippen LogP contribution in [0.3, 0.4) is 0 Å². The minimum absolute atomic E-state index is 0.240. The van der Waals surface area contributed by atoms with Gasteiger partial charge in [0.2, 0.25) is 5.82 Å². The van der Waals surface area contributed by atoms with E-state index < -0.39 is 12.0 Å². The van der Waals surface area contributed by atoms with Gasteiger partial charge in [0.15, 0.2) is 6.29 Å². The first-order valence-electron chi connectivity index (χ1n) is 8.55. The van der Waals surface area contributed by atoms with Gasteiger partial charge in [0.05, 0.1) is 5.52 Å². The van der Waals surface area contributed by atoms with Gasteiger partial charge in [-0.3, -0.25) is 9.78 Å². The summed E-state index contributed by atoms with van der Waals surface area (Å²) in [6, 6.07) is 14.9. The van der Waals surface area contributed by atoms with E-state index in [1.165, 1.54) is 6.20 Å². The van der Waals surface area contributed by atoms with Crippen LogP contribution in [0.4, 0.5) is 24.5 Å². The molecule has 0 radical (unpaired) electrons. The van der Waals surface area contributed by atoms with Crippen molar-refractivity contribution in [1.29, 1.82) is 0 Å². The molecule has 0 aliphatic carbocycles. The van der Waals surface area contributed by atoms with Crippen LogP contribution >= 0.6 is 0 Å². The molecule has 0 fully saturated rings. The number of nitrogens with one attached hydrogen (secondary N) is 1. The maximum Gasteiger partial charge on any atom is 0.451 e. The summed E-state index contributed by atoms with van der Waals surface area (Å²) in [5, 5.41) is 3.86. The molecule has 144 valence electrons. The Morgan fingerprint density at radius 3 is 2.24 bits per heavy atom. The lowest BCUT2D eigenvalue weighted by atomic mass is 9.99. The molecular formula is C21H13F3N4O. The summed E-state index contributed by atoms with van der Waals surface area (Å²) in [4.78, 5) is 22.6. The Balaban J connectivity index is 1.79. The monoisotopic (exact) mass is 394 g/mol. The van der Waals surface area contributed by atoms with E-state index >= 15 is 0 Å². The van der Waals surface area contributed by atoms with Crippen LogP contribution in [-0.2, 0) is 6.18 Å². The van der Waals surface area contributed by atoms with E-state index in [2.05, 4.69) is 20.3 Å². The van der Waals surface area contributed by atoms with Crippen molar-refractivity contribution in [3.05, 3.63) is 78.5 Å². The summed E-state index contributed by atoms with van der Waals surface area (Å²) in [6.07, 6.45) is -0.518. The van der Waals surface area contributed by atoms with Crippen molar-refractivity contribution in [2.75, 3.05) is 5.32 Å². The second kappa shape index (κ2) is 7.31. The van der Waals surface area contributed by atoms with Gasteiger partial charge in [-0.25, -0.2) is 9.97 Å². The Kier molecular flexibility index (Phi) is 4.67. The van der Waals surface area contributed by atoms with Gasteiger partial charge in [-0.1, -0.05) is 24.3 Å². The van der Waals surface area contributed by atoms with Crippen LogP contribution in [0.2, 0.25) is 0 Å². The molecule has 0 amide bonds. The molecule has 0 aliphatic rings. The molecule has 8 heteroatoms. The number of aromatic nitrogens is 3. The van der Waals surface area contributed by atoms with Crippen molar-refractivity contribution in [3.8, 4) is 11.1 Å². The summed E-state index contributed by atoms with van der Waals surface area (Å²) >= 11 is 0. The third-order valence-electron chi connectivity index (χ3n) is 4.28. The van der Waals surface area contributed by atoms with Gasteiger partial charge in [-0.15, -0.1) is 0 Å². The molecule has 0 saturated heterocycles. The maximum absolute atomic E-state index is 12.7. The Bertz CT molecular complexity index is 1180. The summed E-state index contributed by atoms with van der Waals surface area (Å²) in [5.74, 6) is -1.23. The lowest BCUT2D eigenvalue weighted by molar-refractivity contribution is -0.144. The molecule has 4 aromatic rings. The summed E-state index contributed by atoms with van der Waals surface area (Å²) in [7, 11) is 0. The first-order valence-corrected chi connectivity index (χ1v) is 8.55. The number of carbonyl (C=O) groups excluding carboxylic acids is 1. The minimum atomic E-state index is -4.63. The van der Waals surface area contributed by atoms with Crippen LogP contribution in [0.5, 0.6) is 0 Å². The smallest absolute Gasteiger partial charge is 0.355 e. The predicted molar refractivity (Wildman–Crippen MR) is 103 cm³/mol. The Morgan fingerprint density at radius 2 is 1.59 bits per heavy atom. The van der Waals surface area contributed by atoms with Gasteiger partial charge in [0.1, 0.15) is 0 Å². The van der Waals surface area contributed by atoms with Gasteiger partial charge < -0.3 is 5.32 Å². The normalized spacial score (nSPS) is 11.4. The van der Waals surface area contributed by atoms with Gasteiger partial charge in [-0.2, -0.15) is 13.2 Å². The molecule has 4 rings (SSSR count). The molecule has 0 unspecified atom stereocenters. The lowest BCUT2D eigenvalue weighted by Crippen LogP contribution is -2.10. The zero-order valence-corrected chi connectivity index (χ0v) is 14.8. The number of hydrogen-bond donors (Lipinski definition) is 1. The van der Waals surface area contributed by atoms with E-state index in [9.17, 15) is 18.0 Å². The minimum Gasteiger partial charge on any atom is -0.355 e. The Labute approximate surface area is 163 Å². The number of fused-ring (bicyclic) bond motifs is 1. The number of halogens is 3. The van der Waals surface area contributed by atoms with Gasteiger partial charge in [-0.05, 0) is 24.3 Å². The number of alkyl halides is 3. The molecule has 5 nitrogen and oxygen atoms in total. The van der Waals surface area contributed by atoms with Crippen molar-refractivity contribution in [2.45, 2.75) is 6.18 Å². The van der Waals surface area contributed by atoms with Crippen LogP contribution < -0.4 is 5.32 Å². The van der Waals surface area contributed by atoms with Gasteiger partial charge >= 0.3 is 6.18 Å². The van der Waals surface area contributed by atoms with E-state index in [1.807, 2.05) is 30.3 Å². The highest BCUT2D eigenvalue weighted by atomic mass is 19.4. The highest BCUT2D eigenvalue weighted by Gasteiger charge is 2.34. The highest BCUT2D eigenvalue weighted by Crippen LogP contribution is 2.33. The first-order chi connectivity index (χ1) is 14.0. The Morgan fingerprint density at radius 1 is 0.862 bits per heavy atom. The molecule has 0 aliphatic heterocycles. The molecule has 0 saturated carbocycles. The zero-order valence-electron chi connectivity index (χ0n) is 14.8. The third-order valence-corrected chi connectivity index (χ3v) is 4.28. The number of hydrogen-bond acceptors (Lipinski definition) is 5. The molecule has 0 atom stereocenters. The highest BCUT2D eigenvalue weighted by molar-refractivity contribution is 6.03. The molecule has 1 N–H and O–H groups in total. The average Bonchev–Trinajstić information content (AvgIpc) is 2.73. The molecule has 2 aromatic carbocycles. The second-order valence-corrected chi connectivity index (χ2v) is 6.22. The lowest BCUT2D eigenvalue weighted by Gasteiger charge is -2.12. The number of para-hydroxylation sites is 1. The SMILES string of the molecule is O=Cc1cnc2cc(Nc3ccccc3)ccc2c1-c1cnc(C(F)(F)F)nc1. The summed E-state index contributed by atoms with van der Waals surface area (Å²) in [6.45, 7) is 0. The molecule has 0 spiro atoms. The fourth-order valence-corrected chi connectivity index (χ4v) is 2.99. The fraction of sp³-hybridized carbons (Fsp3) is 0.0476. The zero-order chi connectivity index (χ0) is 20.4. The summed E-state index contributed by atoms with van der Waals surface area (Å²) in [5.41, 5.74) is 3.23. The van der Waals surface area contributed by atoms with Crippen molar-refractivity contribution in [2.24, 2.45) is 0 Å². The van der Waals surface area contributed by atoms with Crippen molar-refractivity contribution >= 4 is 28.6 Å². The van der Waals surface area contributed by atoms with Crippen LogP contribution in [0.25, 0.3) is 22.0 Å². The Hall–Kier alpha value is -3.81. The maximum atomic E-state index is 12.7. The number of pyridine rings is 1. The molecule has 29 heavy (non-hydrogen) atoms. The van der Waals surface area contributed by atoms with Crippen LogP contribution in [-0.4, -0.2) is 21.2 Å². The van der Waals surface area contributed by atoms with E-state index in [4.69, 9.17) is 0 Å². The average molecular weight is 394 g/mol. The van der Waals surface area contributed by atoms with Crippen molar-refractivity contribution in [1.82, 2.24) is 15.0 Å². The number of nitrogens with zero attached hydrogens (tertiary/aromatic N) is 3. The number of anilines is 2. The van der Waals surface area contributed by atoms with Gasteiger partial charge in [0, 0.05) is 52.0 Å². The third kappa shape index (κ3) is 3.77. The van der Waals surface area contributed by atoms with Crippen molar-refractivity contribution in [3.63, 3.8) is 0 Å². The second-order valence-electron chi connectivity index (χ2n) is 6.22. The number of benzene rings is 2.